The summed E-state index contributed by atoms with van der Waals surface area (Å²) in [5, 5.41) is 13.1. The molecule has 0 aliphatic rings. The Morgan fingerprint density at radius 2 is 2.15 bits per heavy atom. The molecule has 0 amide bonds. The lowest BCUT2D eigenvalue weighted by Crippen LogP contribution is -2.14. The molecule has 0 radical (unpaired) electrons. The van der Waals surface area contributed by atoms with Gasteiger partial charge in [-0.05, 0) is 42.3 Å². The summed E-state index contributed by atoms with van der Waals surface area (Å²) in [6, 6.07) is 9.76. The zero-order chi connectivity index (χ0) is 14.4. The van der Waals surface area contributed by atoms with Gasteiger partial charge in [-0.15, -0.1) is 0 Å². The lowest BCUT2D eigenvalue weighted by molar-refractivity contribution is 0.676. The van der Waals surface area contributed by atoms with Crippen molar-refractivity contribution in [3.05, 3.63) is 52.8 Å². The molecule has 102 valence electrons. The Kier molecular flexibility index (Phi) is 5.11. The number of halogens is 1. The third-order valence-corrected chi connectivity index (χ3v) is 3.22. The van der Waals surface area contributed by atoms with Crippen molar-refractivity contribution >= 4 is 11.6 Å². The number of nitriles is 1. The average molecular weight is 286 g/mol. The maximum Gasteiger partial charge on any atom is 0.101 e. The summed E-state index contributed by atoms with van der Waals surface area (Å²) in [4.78, 5) is 4.12. The van der Waals surface area contributed by atoms with E-state index in [9.17, 15) is 0 Å². The molecule has 0 spiro atoms. The molecule has 0 saturated heterocycles. The molecule has 20 heavy (non-hydrogen) atoms. The zero-order valence-corrected chi connectivity index (χ0v) is 12.1. The molecule has 0 aliphatic carbocycles. The normalized spacial score (nSPS) is 10.2. The molecular weight excluding hydrogens is 270 g/mol. The molecule has 1 aromatic carbocycles. The van der Waals surface area contributed by atoms with Crippen LogP contribution >= 0.6 is 11.6 Å². The van der Waals surface area contributed by atoms with Crippen LogP contribution < -0.4 is 5.32 Å². The van der Waals surface area contributed by atoms with Gasteiger partial charge in [0.1, 0.15) is 6.07 Å². The minimum Gasteiger partial charge on any atom is -0.313 e. The van der Waals surface area contributed by atoms with Gasteiger partial charge in [0.05, 0.1) is 5.56 Å². The van der Waals surface area contributed by atoms with Crippen LogP contribution in [0, 0.1) is 11.3 Å². The molecule has 1 heterocycles. The molecule has 0 saturated carbocycles. The highest BCUT2D eigenvalue weighted by Gasteiger charge is 2.07. The lowest BCUT2D eigenvalue weighted by atomic mass is 10.00. The van der Waals surface area contributed by atoms with Crippen molar-refractivity contribution in [2.45, 2.75) is 19.9 Å². The van der Waals surface area contributed by atoms with Gasteiger partial charge in [0.15, 0.2) is 0 Å². The molecule has 2 aromatic rings. The fraction of sp³-hybridized carbons (Fsp3) is 0.250. The Hall–Kier alpha value is -1.89. The smallest absolute Gasteiger partial charge is 0.101 e. The number of hydrogen-bond acceptors (Lipinski definition) is 3. The van der Waals surface area contributed by atoms with E-state index in [0.29, 0.717) is 10.6 Å². The standard InChI is InChI=1S/C16H16ClN3/c1-2-5-19-10-14-7-15(17)3-4-16(14)13-6-12(8-18)9-20-11-13/h3-4,6-7,9,11,19H,2,5,10H2,1H3. The van der Waals surface area contributed by atoms with Crippen LogP contribution in [0.2, 0.25) is 5.02 Å². The molecule has 0 unspecified atom stereocenters. The van der Waals surface area contributed by atoms with Crippen LogP contribution in [0.3, 0.4) is 0 Å². The average Bonchev–Trinajstić information content (AvgIpc) is 2.48. The number of benzene rings is 1. The van der Waals surface area contributed by atoms with Crippen molar-refractivity contribution in [2.24, 2.45) is 0 Å². The Balaban J connectivity index is 2.36. The van der Waals surface area contributed by atoms with Crippen LogP contribution in [0.25, 0.3) is 11.1 Å². The minimum atomic E-state index is 0.560. The SMILES string of the molecule is CCCNCc1cc(Cl)ccc1-c1cncc(C#N)c1. The first-order valence-corrected chi connectivity index (χ1v) is 6.97. The van der Waals surface area contributed by atoms with Gasteiger partial charge in [-0.3, -0.25) is 4.98 Å². The second-order valence-corrected chi connectivity index (χ2v) is 4.99. The molecule has 1 aromatic heterocycles. The summed E-state index contributed by atoms with van der Waals surface area (Å²) >= 11 is 6.08. The molecule has 4 heteroatoms. The molecule has 0 bridgehead atoms. The first-order valence-electron chi connectivity index (χ1n) is 6.59. The number of nitrogens with one attached hydrogen (secondary N) is 1. The van der Waals surface area contributed by atoms with E-state index in [2.05, 4.69) is 23.3 Å². The Morgan fingerprint density at radius 1 is 1.30 bits per heavy atom. The molecule has 3 nitrogen and oxygen atoms in total. The number of aromatic nitrogens is 1. The Bertz CT molecular complexity index is 632. The zero-order valence-electron chi connectivity index (χ0n) is 11.4. The van der Waals surface area contributed by atoms with Crippen molar-refractivity contribution in [1.29, 1.82) is 5.26 Å². The van der Waals surface area contributed by atoms with E-state index < -0.39 is 0 Å². The maximum absolute atomic E-state index is 8.97. The maximum atomic E-state index is 8.97. The number of pyridine rings is 1. The van der Waals surface area contributed by atoms with Gasteiger partial charge in [-0.1, -0.05) is 24.6 Å². The van der Waals surface area contributed by atoms with Crippen molar-refractivity contribution < 1.29 is 0 Å². The summed E-state index contributed by atoms with van der Waals surface area (Å²) in [6.45, 7) is 3.84. The fourth-order valence-corrected chi connectivity index (χ4v) is 2.23. The molecule has 0 aliphatic heterocycles. The number of nitrogens with zero attached hydrogens (tertiary/aromatic N) is 2. The van der Waals surface area contributed by atoms with Crippen LogP contribution in [-0.2, 0) is 6.54 Å². The van der Waals surface area contributed by atoms with Gasteiger partial charge >= 0.3 is 0 Å². The summed E-state index contributed by atoms with van der Waals surface area (Å²) in [5.74, 6) is 0. The Labute approximate surface area is 124 Å². The molecule has 2 rings (SSSR count). The van der Waals surface area contributed by atoms with E-state index in [1.165, 1.54) is 0 Å². The van der Waals surface area contributed by atoms with Gasteiger partial charge in [0.2, 0.25) is 0 Å². The summed E-state index contributed by atoms with van der Waals surface area (Å²) in [6.07, 6.45) is 4.42. The topological polar surface area (TPSA) is 48.7 Å². The van der Waals surface area contributed by atoms with Crippen LogP contribution in [0.1, 0.15) is 24.5 Å². The van der Waals surface area contributed by atoms with E-state index in [1.54, 1.807) is 12.4 Å². The van der Waals surface area contributed by atoms with Crippen molar-refractivity contribution in [2.75, 3.05) is 6.54 Å². The van der Waals surface area contributed by atoms with Crippen LogP contribution in [0.15, 0.2) is 36.7 Å². The van der Waals surface area contributed by atoms with E-state index in [-0.39, 0.29) is 0 Å². The van der Waals surface area contributed by atoms with Gasteiger partial charge in [0.25, 0.3) is 0 Å². The summed E-state index contributed by atoms with van der Waals surface area (Å²) < 4.78 is 0. The van der Waals surface area contributed by atoms with Crippen molar-refractivity contribution in [3.63, 3.8) is 0 Å². The molecular formula is C16H16ClN3. The monoisotopic (exact) mass is 285 g/mol. The fourth-order valence-electron chi connectivity index (χ4n) is 2.04. The lowest BCUT2D eigenvalue weighted by Gasteiger charge is -2.11. The first kappa shape index (κ1) is 14.5. The van der Waals surface area contributed by atoms with E-state index in [4.69, 9.17) is 16.9 Å². The van der Waals surface area contributed by atoms with Gasteiger partial charge < -0.3 is 5.32 Å². The highest BCUT2D eigenvalue weighted by atomic mass is 35.5. The summed E-state index contributed by atoms with van der Waals surface area (Å²) in [7, 11) is 0. The second-order valence-electron chi connectivity index (χ2n) is 4.55. The van der Waals surface area contributed by atoms with E-state index in [0.717, 1.165) is 36.2 Å². The first-order chi connectivity index (χ1) is 9.74. The summed E-state index contributed by atoms with van der Waals surface area (Å²) in [5.41, 5.74) is 3.67. The van der Waals surface area contributed by atoms with Crippen LogP contribution in [0.5, 0.6) is 0 Å². The molecule has 0 fully saturated rings. The number of hydrogen-bond donors (Lipinski definition) is 1. The highest BCUT2D eigenvalue weighted by Crippen LogP contribution is 2.26. The minimum absolute atomic E-state index is 0.560. The largest absolute Gasteiger partial charge is 0.313 e. The number of rotatable bonds is 5. The van der Waals surface area contributed by atoms with Crippen molar-refractivity contribution in [1.82, 2.24) is 10.3 Å². The third kappa shape index (κ3) is 3.57. The molecule has 0 atom stereocenters. The third-order valence-electron chi connectivity index (χ3n) is 2.99. The predicted molar refractivity (Wildman–Crippen MR) is 81.4 cm³/mol. The van der Waals surface area contributed by atoms with Crippen LogP contribution in [-0.4, -0.2) is 11.5 Å². The van der Waals surface area contributed by atoms with Crippen molar-refractivity contribution in [3.8, 4) is 17.2 Å². The van der Waals surface area contributed by atoms with Gasteiger partial charge in [-0.25, -0.2) is 0 Å². The Morgan fingerprint density at radius 3 is 2.90 bits per heavy atom. The predicted octanol–water partition coefficient (Wildman–Crippen LogP) is 3.77. The second kappa shape index (κ2) is 7.04. The van der Waals surface area contributed by atoms with Gasteiger partial charge in [-0.2, -0.15) is 5.26 Å². The van der Waals surface area contributed by atoms with E-state index in [1.807, 2.05) is 24.3 Å². The van der Waals surface area contributed by atoms with E-state index >= 15 is 0 Å². The van der Waals surface area contributed by atoms with Gasteiger partial charge in [0, 0.05) is 29.5 Å². The quantitative estimate of drug-likeness (QED) is 0.851. The molecule has 1 N–H and O–H groups in total. The van der Waals surface area contributed by atoms with Crippen LogP contribution in [0.4, 0.5) is 0 Å². The highest BCUT2D eigenvalue weighted by molar-refractivity contribution is 6.30.